The first kappa shape index (κ1) is 13.2. The molecule has 0 radical (unpaired) electrons. The number of aliphatic carboxylic acids is 1. The van der Waals surface area contributed by atoms with Gasteiger partial charge in [0.05, 0.1) is 0 Å². The third-order valence-corrected chi connectivity index (χ3v) is 2.19. The van der Waals surface area contributed by atoms with E-state index in [0.717, 1.165) is 5.56 Å². The zero-order valence-electron chi connectivity index (χ0n) is 9.30. The molecule has 2 N–H and O–H groups in total. The third-order valence-electron chi connectivity index (χ3n) is 2.19. The number of benzene rings is 1. The molecule has 5 nitrogen and oxygen atoms in total. The van der Waals surface area contributed by atoms with Crippen LogP contribution in [0, 0.1) is 0 Å². The summed E-state index contributed by atoms with van der Waals surface area (Å²) in [5.74, 6) is -1.83. The van der Waals surface area contributed by atoms with Crippen molar-refractivity contribution in [2.45, 2.75) is 25.5 Å². The molecule has 1 rings (SSSR count). The molecule has 0 fully saturated rings. The zero-order chi connectivity index (χ0) is 12.7. The fourth-order valence-electron chi connectivity index (χ4n) is 1.23. The fraction of sp³-hybridized carbons (Fsp3) is 0.333. The SMILES string of the molecule is N[C@H](CCC(=O)[O-])C(=O)OCc1ccccc1. The highest BCUT2D eigenvalue weighted by Crippen LogP contribution is 2.03. The first-order valence-corrected chi connectivity index (χ1v) is 5.25. The van der Waals surface area contributed by atoms with Gasteiger partial charge in [-0.3, -0.25) is 4.79 Å². The average Bonchev–Trinajstić information content (AvgIpc) is 2.34. The maximum Gasteiger partial charge on any atom is 0.323 e. The molecule has 0 heterocycles. The number of hydrogen-bond donors (Lipinski definition) is 1. The van der Waals surface area contributed by atoms with Crippen LogP contribution >= 0.6 is 0 Å². The lowest BCUT2D eigenvalue weighted by molar-refractivity contribution is -0.305. The summed E-state index contributed by atoms with van der Waals surface area (Å²) in [6.07, 6.45) is -0.225. The van der Waals surface area contributed by atoms with E-state index in [2.05, 4.69) is 0 Å². The number of hydrogen-bond acceptors (Lipinski definition) is 5. The van der Waals surface area contributed by atoms with E-state index in [4.69, 9.17) is 10.5 Å². The van der Waals surface area contributed by atoms with Gasteiger partial charge in [0, 0.05) is 5.97 Å². The second kappa shape index (κ2) is 6.65. The van der Waals surface area contributed by atoms with Crippen molar-refractivity contribution in [2.75, 3.05) is 0 Å². The summed E-state index contributed by atoms with van der Waals surface area (Å²) in [6.45, 7) is 0.138. The van der Waals surface area contributed by atoms with Crippen LogP contribution in [0.25, 0.3) is 0 Å². The predicted molar refractivity (Wildman–Crippen MR) is 58.5 cm³/mol. The van der Waals surface area contributed by atoms with Gasteiger partial charge in [0.25, 0.3) is 0 Å². The Morgan fingerprint density at radius 3 is 2.53 bits per heavy atom. The Morgan fingerprint density at radius 2 is 1.94 bits per heavy atom. The van der Waals surface area contributed by atoms with Crippen molar-refractivity contribution in [3.63, 3.8) is 0 Å². The van der Waals surface area contributed by atoms with Crippen LogP contribution in [0.2, 0.25) is 0 Å². The lowest BCUT2D eigenvalue weighted by Gasteiger charge is -2.11. The molecule has 92 valence electrons. The Labute approximate surface area is 99.2 Å². The smallest absolute Gasteiger partial charge is 0.323 e. The van der Waals surface area contributed by atoms with Gasteiger partial charge < -0.3 is 20.4 Å². The van der Waals surface area contributed by atoms with Crippen LogP contribution < -0.4 is 10.8 Å². The van der Waals surface area contributed by atoms with E-state index in [9.17, 15) is 14.7 Å². The highest BCUT2D eigenvalue weighted by Gasteiger charge is 2.14. The van der Waals surface area contributed by atoms with Gasteiger partial charge in [-0.15, -0.1) is 0 Å². The summed E-state index contributed by atoms with van der Waals surface area (Å²) in [4.78, 5) is 21.6. The second-order valence-corrected chi connectivity index (χ2v) is 3.61. The molecule has 0 bridgehead atoms. The molecule has 1 aromatic carbocycles. The van der Waals surface area contributed by atoms with Gasteiger partial charge in [-0.2, -0.15) is 0 Å². The van der Waals surface area contributed by atoms with Crippen LogP contribution in [0.15, 0.2) is 30.3 Å². The topological polar surface area (TPSA) is 92.5 Å². The van der Waals surface area contributed by atoms with Crippen molar-refractivity contribution in [3.8, 4) is 0 Å². The van der Waals surface area contributed by atoms with Crippen LogP contribution in [0.5, 0.6) is 0 Å². The Hall–Kier alpha value is -1.88. The third kappa shape index (κ3) is 5.12. The van der Waals surface area contributed by atoms with E-state index in [1.807, 2.05) is 30.3 Å². The summed E-state index contributed by atoms with van der Waals surface area (Å²) >= 11 is 0. The Morgan fingerprint density at radius 1 is 1.29 bits per heavy atom. The number of esters is 1. The van der Waals surface area contributed by atoms with Crippen LogP contribution in [-0.2, 0) is 20.9 Å². The van der Waals surface area contributed by atoms with Gasteiger partial charge in [0.15, 0.2) is 0 Å². The summed E-state index contributed by atoms with van der Waals surface area (Å²) in [6, 6.07) is 8.24. The lowest BCUT2D eigenvalue weighted by Crippen LogP contribution is -2.34. The van der Waals surface area contributed by atoms with Crippen LogP contribution in [0.3, 0.4) is 0 Å². The van der Waals surface area contributed by atoms with Gasteiger partial charge >= 0.3 is 5.97 Å². The molecular formula is C12H14NO4-. The lowest BCUT2D eigenvalue weighted by atomic mass is 10.2. The highest BCUT2D eigenvalue weighted by atomic mass is 16.5. The minimum Gasteiger partial charge on any atom is -0.550 e. The van der Waals surface area contributed by atoms with E-state index in [1.165, 1.54) is 0 Å². The zero-order valence-corrected chi connectivity index (χ0v) is 9.30. The van der Waals surface area contributed by atoms with E-state index in [-0.39, 0.29) is 19.4 Å². The molecule has 1 atom stereocenters. The maximum absolute atomic E-state index is 11.4. The normalized spacial score (nSPS) is 11.8. The van der Waals surface area contributed by atoms with Crippen molar-refractivity contribution in [1.82, 2.24) is 0 Å². The van der Waals surface area contributed by atoms with Gasteiger partial charge in [0.2, 0.25) is 0 Å². The van der Waals surface area contributed by atoms with Crippen molar-refractivity contribution in [2.24, 2.45) is 5.73 Å². The predicted octanol–water partition coefficient (Wildman–Crippen LogP) is -0.413. The first-order valence-electron chi connectivity index (χ1n) is 5.25. The molecule has 0 aromatic heterocycles. The molecular weight excluding hydrogens is 222 g/mol. The number of carbonyl (C=O) groups excluding carboxylic acids is 2. The summed E-state index contributed by atoms with van der Waals surface area (Å²) < 4.78 is 4.94. The average molecular weight is 236 g/mol. The Balaban J connectivity index is 2.32. The number of nitrogens with two attached hydrogens (primary N) is 1. The minimum atomic E-state index is -1.23. The Bertz CT molecular complexity index is 377. The molecule has 0 saturated carbocycles. The van der Waals surface area contributed by atoms with Gasteiger partial charge in [-0.1, -0.05) is 30.3 Å². The van der Waals surface area contributed by atoms with Crippen LogP contribution in [0.1, 0.15) is 18.4 Å². The fourth-order valence-corrected chi connectivity index (χ4v) is 1.23. The van der Waals surface area contributed by atoms with E-state index in [1.54, 1.807) is 0 Å². The van der Waals surface area contributed by atoms with Crippen molar-refractivity contribution < 1.29 is 19.4 Å². The molecule has 1 aromatic rings. The molecule has 0 amide bonds. The van der Waals surface area contributed by atoms with Gasteiger partial charge in [0.1, 0.15) is 12.6 Å². The molecule has 0 aliphatic rings. The molecule has 0 unspecified atom stereocenters. The highest BCUT2D eigenvalue weighted by molar-refractivity contribution is 5.76. The standard InChI is InChI=1S/C12H15NO4/c13-10(6-7-11(14)15)12(16)17-8-9-4-2-1-3-5-9/h1-5,10H,6-8,13H2,(H,14,15)/p-1/t10-/m1/s1. The Kier molecular flexibility index (Phi) is 5.16. The maximum atomic E-state index is 11.4. The minimum absolute atomic E-state index is 0.0238. The number of carboxylic acids is 1. The number of rotatable bonds is 6. The van der Waals surface area contributed by atoms with Gasteiger partial charge in [-0.05, 0) is 18.4 Å². The molecule has 0 spiro atoms. The van der Waals surface area contributed by atoms with Gasteiger partial charge in [-0.25, -0.2) is 0 Å². The van der Waals surface area contributed by atoms with Crippen molar-refractivity contribution >= 4 is 11.9 Å². The molecule has 0 saturated heterocycles. The summed E-state index contributed by atoms with van der Waals surface area (Å²) in [7, 11) is 0. The second-order valence-electron chi connectivity index (χ2n) is 3.61. The van der Waals surface area contributed by atoms with E-state index < -0.39 is 18.0 Å². The first-order chi connectivity index (χ1) is 8.09. The largest absolute Gasteiger partial charge is 0.550 e. The van der Waals surface area contributed by atoms with Crippen molar-refractivity contribution in [1.29, 1.82) is 0 Å². The van der Waals surface area contributed by atoms with E-state index >= 15 is 0 Å². The summed E-state index contributed by atoms with van der Waals surface area (Å²) in [5, 5.41) is 10.2. The number of ether oxygens (including phenoxy) is 1. The van der Waals surface area contributed by atoms with Crippen molar-refractivity contribution in [3.05, 3.63) is 35.9 Å². The number of carboxylic acid groups (broad SMARTS) is 1. The summed E-state index contributed by atoms with van der Waals surface area (Å²) in [5.41, 5.74) is 6.32. The quantitative estimate of drug-likeness (QED) is 0.677. The monoisotopic (exact) mass is 236 g/mol. The number of carbonyl (C=O) groups is 2. The van der Waals surface area contributed by atoms with E-state index in [0.29, 0.717) is 0 Å². The molecule has 5 heteroatoms. The molecule has 0 aliphatic carbocycles. The van der Waals surface area contributed by atoms with Crippen LogP contribution in [-0.4, -0.2) is 18.0 Å². The molecule has 0 aliphatic heterocycles. The molecule has 17 heavy (non-hydrogen) atoms. The van der Waals surface area contributed by atoms with Crippen LogP contribution in [0.4, 0.5) is 0 Å².